The molecule has 12 nitrogen and oxygen atoms in total. The Bertz CT molecular complexity index is 789. The predicted molar refractivity (Wildman–Crippen MR) is 103 cm³/mol. The summed E-state index contributed by atoms with van der Waals surface area (Å²) in [5.41, 5.74) is 0.824. The average molecular weight is 442 g/mol. The Morgan fingerprint density at radius 1 is 1.16 bits per heavy atom. The van der Waals surface area contributed by atoms with Crippen molar-refractivity contribution >= 4 is 18.0 Å². The number of carboxylic acid groups (broad SMARTS) is 1. The number of carbonyl (C=O) groups is 3. The van der Waals surface area contributed by atoms with Crippen molar-refractivity contribution in [3.63, 3.8) is 0 Å². The molecule has 2 amide bonds. The van der Waals surface area contributed by atoms with Crippen LogP contribution in [0.2, 0.25) is 0 Å². The van der Waals surface area contributed by atoms with Gasteiger partial charge in [-0.2, -0.15) is 0 Å². The maximum atomic E-state index is 11.9. The van der Waals surface area contributed by atoms with Crippen molar-refractivity contribution in [1.29, 1.82) is 0 Å². The van der Waals surface area contributed by atoms with Crippen LogP contribution in [0, 0.1) is 0 Å². The first-order chi connectivity index (χ1) is 14.7. The molecule has 1 heterocycles. The molecule has 172 valence electrons. The largest absolute Gasteiger partial charge is 0.480 e. The number of ether oxygens (including phenoxy) is 2. The second-order valence-corrected chi connectivity index (χ2v) is 6.98. The van der Waals surface area contributed by atoms with Gasteiger partial charge in [-0.15, -0.1) is 0 Å². The number of alkyl carbamates (subject to hydrolysis) is 1. The number of aliphatic hydroxyl groups is 4. The fourth-order valence-electron chi connectivity index (χ4n) is 3.23. The Labute approximate surface area is 177 Å². The van der Waals surface area contributed by atoms with E-state index >= 15 is 0 Å². The lowest BCUT2D eigenvalue weighted by molar-refractivity contribution is -0.197. The molecule has 1 aromatic carbocycles. The number of hydrogen-bond acceptors (Lipinski definition) is 9. The SMILES string of the molecule is CC(=O)N[C@@H]1[C@@H](O)[C@@H](O)[C@@H](CO)O[C@@H]1c1ccccc1COC(=O)N[C@@H](CO)C(=O)O. The normalized spacial score (nSPS) is 26.5. The third kappa shape index (κ3) is 6.12. The van der Waals surface area contributed by atoms with Crippen LogP contribution in [0.5, 0.6) is 0 Å². The number of aliphatic carboxylic acids is 1. The van der Waals surface area contributed by atoms with Crippen molar-refractivity contribution in [1.82, 2.24) is 10.6 Å². The minimum absolute atomic E-state index is 0.325. The van der Waals surface area contributed by atoms with Gasteiger partial charge in [0.05, 0.1) is 19.3 Å². The zero-order valence-electron chi connectivity index (χ0n) is 16.7. The van der Waals surface area contributed by atoms with Gasteiger partial charge in [-0.25, -0.2) is 9.59 Å². The summed E-state index contributed by atoms with van der Waals surface area (Å²) in [4.78, 5) is 34.4. The Morgan fingerprint density at radius 2 is 1.84 bits per heavy atom. The van der Waals surface area contributed by atoms with E-state index in [-0.39, 0.29) is 6.61 Å². The minimum atomic E-state index is -1.53. The van der Waals surface area contributed by atoms with Crippen molar-refractivity contribution in [2.24, 2.45) is 0 Å². The van der Waals surface area contributed by atoms with Crippen LogP contribution in [-0.2, 0) is 25.7 Å². The molecule has 1 aromatic rings. The van der Waals surface area contributed by atoms with E-state index in [9.17, 15) is 29.7 Å². The predicted octanol–water partition coefficient (Wildman–Crippen LogP) is -1.98. The molecular formula is C19H26N2O10. The molecule has 1 aliphatic heterocycles. The molecule has 0 saturated carbocycles. The molecule has 0 unspecified atom stereocenters. The molecule has 12 heteroatoms. The van der Waals surface area contributed by atoms with E-state index < -0.39 is 67.7 Å². The number of carbonyl (C=O) groups excluding carboxylic acids is 2. The minimum Gasteiger partial charge on any atom is -0.480 e. The molecule has 31 heavy (non-hydrogen) atoms. The quantitative estimate of drug-likeness (QED) is 0.237. The highest BCUT2D eigenvalue weighted by Crippen LogP contribution is 2.34. The Morgan fingerprint density at radius 3 is 2.42 bits per heavy atom. The van der Waals surface area contributed by atoms with E-state index in [0.717, 1.165) is 0 Å². The summed E-state index contributed by atoms with van der Waals surface area (Å²) in [6.45, 7) is -0.499. The van der Waals surface area contributed by atoms with Crippen molar-refractivity contribution < 1.29 is 49.4 Å². The fourth-order valence-corrected chi connectivity index (χ4v) is 3.23. The van der Waals surface area contributed by atoms with E-state index in [2.05, 4.69) is 5.32 Å². The number of nitrogens with one attached hydrogen (secondary N) is 2. The van der Waals surface area contributed by atoms with Crippen LogP contribution >= 0.6 is 0 Å². The van der Waals surface area contributed by atoms with E-state index in [1.54, 1.807) is 24.3 Å². The summed E-state index contributed by atoms with van der Waals surface area (Å²) in [5, 5.41) is 52.5. The maximum Gasteiger partial charge on any atom is 0.408 e. The van der Waals surface area contributed by atoms with Gasteiger partial charge in [0.1, 0.15) is 31.0 Å². The zero-order valence-corrected chi connectivity index (χ0v) is 16.7. The van der Waals surface area contributed by atoms with Crippen LogP contribution < -0.4 is 10.6 Å². The van der Waals surface area contributed by atoms with Gasteiger partial charge in [0.2, 0.25) is 5.91 Å². The molecular weight excluding hydrogens is 416 g/mol. The highest BCUT2D eigenvalue weighted by atomic mass is 16.6. The van der Waals surface area contributed by atoms with Gasteiger partial charge in [-0.1, -0.05) is 24.3 Å². The molecule has 0 radical (unpaired) electrons. The third-order valence-corrected chi connectivity index (χ3v) is 4.79. The van der Waals surface area contributed by atoms with Gasteiger partial charge in [0.25, 0.3) is 0 Å². The number of benzene rings is 1. The highest BCUT2D eigenvalue weighted by Gasteiger charge is 2.45. The topological polar surface area (TPSA) is 195 Å². The van der Waals surface area contributed by atoms with Crippen LogP contribution in [0.3, 0.4) is 0 Å². The van der Waals surface area contributed by atoms with Gasteiger partial charge in [-0.3, -0.25) is 4.79 Å². The zero-order chi connectivity index (χ0) is 23.1. The lowest BCUT2D eigenvalue weighted by Gasteiger charge is -2.43. The monoisotopic (exact) mass is 442 g/mol. The Balaban J connectivity index is 2.24. The molecule has 0 spiro atoms. The van der Waals surface area contributed by atoms with Gasteiger partial charge in [-0.05, 0) is 11.1 Å². The van der Waals surface area contributed by atoms with E-state index in [0.29, 0.717) is 11.1 Å². The second kappa shape index (κ2) is 11.0. The maximum absolute atomic E-state index is 11.9. The van der Waals surface area contributed by atoms with Gasteiger partial charge in [0.15, 0.2) is 6.04 Å². The van der Waals surface area contributed by atoms with Crippen LogP contribution in [0.25, 0.3) is 0 Å². The second-order valence-electron chi connectivity index (χ2n) is 6.98. The standard InChI is InChI=1S/C19H26N2O10/c1-9(24)20-14-16(26)15(25)13(7-23)31-17(14)11-5-3-2-4-10(11)8-30-19(29)21-12(6-22)18(27)28/h2-5,12-17,22-23,25-26H,6-8H2,1H3,(H,20,24)(H,21,29)(H,27,28)/t12-,13+,14+,15-,16+,17+/m0/s1. The average Bonchev–Trinajstić information content (AvgIpc) is 2.74. The Hall–Kier alpha value is -2.77. The number of rotatable bonds is 8. The van der Waals surface area contributed by atoms with Crippen LogP contribution in [0.4, 0.5) is 4.79 Å². The lowest BCUT2D eigenvalue weighted by atomic mass is 9.87. The molecule has 0 aliphatic carbocycles. The summed E-state index contributed by atoms with van der Waals surface area (Å²) in [6, 6.07) is 3.88. The summed E-state index contributed by atoms with van der Waals surface area (Å²) in [7, 11) is 0. The smallest absolute Gasteiger partial charge is 0.408 e. The van der Waals surface area contributed by atoms with Crippen molar-refractivity contribution in [3.05, 3.63) is 35.4 Å². The van der Waals surface area contributed by atoms with Gasteiger partial charge < -0.3 is 45.6 Å². The lowest BCUT2D eigenvalue weighted by Crippen LogP contribution is -2.60. The number of carboxylic acids is 1. The van der Waals surface area contributed by atoms with Crippen molar-refractivity contribution in [2.45, 2.75) is 50.0 Å². The summed E-state index contributed by atoms with van der Waals surface area (Å²) >= 11 is 0. The molecule has 0 aromatic heterocycles. The highest BCUT2D eigenvalue weighted by molar-refractivity contribution is 5.80. The molecule has 7 N–H and O–H groups in total. The van der Waals surface area contributed by atoms with Gasteiger partial charge >= 0.3 is 12.1 Å². The van der Waals surface area contributed by atoms with Crippen LogP contribution in [0.1, 0.15) is 24.2 Å². The number of hydrogen-bond donors (Lipinski definition) is 7. The number of aliphatic hydroxyl groups excluding tert-OH is 4. The van der Waals surface area contributed by atoms with Crippen molar-refractivity contribution in [3.8, 4) is 0 Å². The van der Waals surface area contributed by atoms with Crippen molar-refractivity contribution in [2.75, 3.05) is 13.2 Å². The summed E-state index contributed by atoms with van der Waals surface area (Å²) in [6.07, 6.45) is -6.09. The third-order valence-electron chi connectivity index (χ3n) is 4.79. The Kier molecular flexibility index (Phi) is 8.71. The molecule has 1 aliphatic rings. The van der Waals surface area contributed by atoms with Crippen LogP contribution in [-0.4, -0.2) is 87.1 Å². The van der Waals surface area contributed by atoms with Crippen LogP contribution in [0.15, 0.2) is 24.3 Å². The van der Waals surface area contributed by atoms with E-state index in [4.69, 9.17) is 19.7 Å². The summed E-state index contributed by atoms with van der Waals surface area (Å²) in [5.74, 6) is -1.92. The van der Waals surface area contributed by atoms with E-state index in [1.165, 1.54) is 6.92 Å². The molecule has 1 saturated heterocycles. The molecule has 6 atom stereocenters. The van der Waals surface area contributed by atoms with E-state index in [1.807, 2.05) is 5.32 Å². The van der Waals surface area contributed by atoms with Gasteiger partial charge in [0, 0.05) is 6.92 Å². The molecule has 1 fully saturated rings. The summed E-state index contributed by atoms with van der Waals surface area (Å²) < 4.78 is 10.8. The molecule has 2 rings (SSSR count). The first-order valence-corrected chi connectivity index (χ1v) is 9.43. The number of amides is 2. The first kappa shape index (κ1) is 24.5. The molecule has 0 bridgehead atoms. The first-order valence-electron chi connectivity index (χ1n) is 9.43. The fraction of sp³-hybridized carbons (Fsp3) is 0.526.